The van der Waals surface area contributed by atoms with E-state index in [2.05, 4.69) is 15.9 Å². The number of hydrogen-bond acceptors (Lipinski definition) is 4. The van der Waals surface area contributed by atoms with Crippen molar-refractivity contribution in [3.8, 4) is 0 Å². The second-order valence-electron chi connectivity index (χ2n) is 4.62. The van der Waals surface area contributed by atoms with Crippen molar-refractivity contribution >= 4 is 44.3 Å². The number of sulfonamides is 1. The minimum absolute atomic E-state index is 0. The lowest BCUT2D eigenvalue weighted by molar-refractivity contribution is 0.0747. The number of halogens is 2. The normalized spacial score (nSPS) is 12.5. The molecule has 1 rings (SSSR count). The summed E-state index contributed by atoms with van der Waals surface area (Å²) < 4.78 is 23.6. The lowest BCUT2D eigenvalue weighted by Gasteiger charge is -2.25. The summed E-state index contributed by atoms with van der Waals surface area (Å²) in [6.45, 7) is 3.68. The topological polar surface area (TPSA) is 106 Å². The molecule has 0 aliphatic carbocycles. The Labute approximate surface area is 139 Å². The zero-order chi connectivity index (χ0) is 15.7. The van der Waals surface area contributed by atoms with Crippen LogP contribution in [0.4, 0.5) is 0 Å². The van der Waals surface area contributed by atoms with Gasteiger partial charge in [-0.3, -0.25) is 4.79 Å². The highest BCUT2D eigenvalue weighted by molar-refractivity contribution is 9.10. The molecule has 0 aliphatic heterocycles. The molecule has 1 atom stereocenters. The molecule has 9 heteroatoms. The summed E-state index contributed by atoms with van der Waals surface area (Å²) in [7, 11) is -2.27. The molecule has 0 fully saturated rings. The molecule has 120 valence electrons. The summed E-state index contributed by atoms with van der Waals surface area (Å²) in [5.74, 6) is -0.299. The van der Waals surface area contributed by atoms with Crippen molar-refractivity contribution < 1.29 is 13.2 Å². The van der Waals surface area contributed by atoms with Crippen molar-refractivity contribution in [3.63, 3.8) is 0 Å². The van der Waals surface area contributed by atoms with Gasteiger partial charge in [0.15, 0.2) is 0 Å². The van der Waals surface area contributed by atoms with Gasteiger partial charge in [0.1, 0.15) is 0 Å². The molecule has 1 aromatic carbocycles. The summed E-state index contributed by atoms with van der Waals surface area (Å²) in [6, 6.07) is 2.80. The number of carbonyl (C=O) groups excluding carboxylic acids is 1. The largest absolute Gasteiger partial charge is 0.338 e. The van der Waals surface area contributed by atoms with Gasteiger partial charge in [-0.2, -0.15) is 0 Å². The fraction of sp³-hybridized carbons (Fsp3) is 0.417. The zero-order valence-electron chi connectivity index (χ0n) is 12.0. The second kappa shape index (κ2) is 7.55. The molecule has 0 spiro atoms. The third kappa shape index (κ3) is 4.65. The summed E-state index contributed by atoms with van der Waals surface area (Å²) in [5.41, 5.74) is 6.15. The van der Waals surface area contributed by atoms with Gasteiger partial charge in [0.25, 0.3) is 5.91 Å². The van der Waals surface area contributed by atoms with E-state index in [1.54, 1.807) is 20.0 Å². The monoisotopic (exact) mass is 399 g/mol. The molecular formula is C12H19BrClN3O3S. The van der Waals surface area contributed by atoms with Crippen LogP contribution in [-0.2, 0) is 10.0 Å². The Kier molecular flexibility index (Phi) is 7.31. The molecule has 1 aromatic rings. The number of primary sulfonamides is 1. The van der Waals surface area contributed by atoms with Crippen molar-refractivity contribution in [2.45, 2.75) is 24.8 Å². The van der Waals surface area contributed by atoms with Crippen LogP contribution >= 0.6 is 28.3 Å². The smallest absolute Gasteiger partial charge is 0.254 e. The zero-order valence-corrected chi connectivity index (χ0v) is 15.2. The van der Waals surface area contributed by atoms with E-state index in [0.29, 0.717) is 16.6 Å². The highest BCUT2D eigenvalue weighted by Crippen LogP contribution is 2.25. The van der Waals surface area contributed by atoms with Crippen molar-refractivity contribution in [1.82, 2.24) is 4.90 Å². The Morgan fingerprint density at radius 3 is 2.38 bits per heavy atom. The first-order valence-electron chi connectivity index (χ1n) is 5.89. The van der Waals surface area contributed by atoms with E-state index >= 15 is 0 Å². The number of carbonyl (C=O) groups is 1. The minimum atomic E-state index is -3.89. The Bertz CT molecular complexity index is 637. The number of likely N-dealkylation sites (N-methyl/N-ethyl adjacent to an activating group) is 1. The summed E-state index contributed by atoms with van der Waals surface area (Å²) in [6.07, 6.45) is 0. The molecule has 21 heavy (non-hydrogen) atoms. The van der Waals surface area contributed by atoms with Crippen LogP contribution in [0.2, 0.25) is 0 Å². The Morgan fingerprint density at radius 1 is 1.43 bits per heavy atom. The maximum Gasteiger partial charge on any atom is 0.254 e. The van der Waals surface area contributed by atoms with Crippen molar-refractivity contribution in [1.29, 1.82) is 0 Å². The third-order valence-corrected chi connectivity index (χ3v) is 4.68. The number of amides is 1. The average molecular weight is 401 g/mol. The summed E-state index contributed by atoms with van der Waals surface area (Å²) in [5, 5.41) is 5.16. The van der Waals surface area contributed by atoms with Crippen LogP contribution in [0.5, 0.6) is 0 Å². The predicted molar refractivity (Wildman–Crippen MR) is 88.1 cm³/mol. The van der Waals surface area contributed by atoms with Crippen molar-refractivity contribution in [2.75, 3.05) is 13.6 Å². The van der Waals surface area contributed by atoms with Crippen LogP contribution in [0.3, 0.4) is 0 Å². The quantitative estimate of drug-likeness (QED) is 0.793. The van der Waals surface area contributed by atoms with Crippen LogP contribution in [0.1, 0.15) is 22.8 Å². The fourth-order valence-corrected chi connectivity index (χ4v) is 3.16. The summed E-state index contributed by atoms with van der Waals surface area (Å²) >= 11 is 3.20. The maximum absolute atomic E-state index is 12.4. The predicted octanol–water partition coefficient (Wildman–Crippen LogP) is 1.25. The number of rotatable bonds is 4. The van der Waals surface area contributed by atoms with E-state index < -0.39 is 10.0 Å². The second-order valence-corrected chi connectivity index (χ2v) is 7.07. The lowest BCUT2D eigenvalue weighted by atomic mass is 10.1. The molecule has 0 heterocycles. The van der Waals surface area contributed by atoms with E-state index in [1.807, 2.05) is 6.92 Å². The highest BCUT2D eigenvalue weighted by Gasteiger charge is 2.23. The molecule has 6 nitrogen and oxygen atoms in total. The van der Waals surface area contributed by atoms with E-state index in [-0.39, 0.29) is 34.8 Å². The van der Waals surface area contributed by atoms with Crippen LogP contribution in [-0.4, -0.2) is 38.9 Å². The Morgan fingerprint density at radius 2 is 1.95 bits per heavy atom. The van der Waals surface area contributed by atoms with Gasteiger partial charge < -0.3 is 10.6 Å². The van der Waals surface area contributed by atoms with Gasteiger partial charge >= 0.3 is 0 Å². The standard InChI is InChI=1S/C12H18BrN3O3S.ClH/c1-7(6-14)16(3)12(17)10-4-9(13)5-11(8(10)2)20(15,18)19;/h4-5,7H,6,14H2,1-3H3,(H2,15,18,19);1H. The van der Waals surface area contributed by atoms with Gasteiger partial charge in [0.05, 0.1) is 4.90 Å². The molecule has 0 aliphatic rings. The number of hydrogen-bond donors (Lipinski definition) is 2. The van der Waals surface area contributed by atoms with Gasteiger partial charge in [0, 0.05) is 29.7 Å². The van der Waals surface area contributed by atoms with Crippen molar-refractivity contribution in [3.05, 3.63) is 27.7 Å². The van der Waals surface area contributed by atoms with Gasteiger partial charge in [-0.05, 0) is 31.5 Å². The number of benzene rings is 1. The fourth-order valence-electron chi connectivity index (χ4n) is 1.72. The Hall–Kier alpha value is -0.670. The van der Waals surface area contributed by atoms with E-state index in [9.17, 15) is 13.2 Å². The molecule has 0 radical (unpaired) electrons. The van der Waals surface area contributed by atoms with Gasteiger partial charge in [-0.15, -0.1) is 12.4 Å². The Balaban J connectivity index is 0.00000400. The minimum Gasteiger partial charge on any atom is -0.338 e. The van der Waals surface area contributed by atoms with Crippen LogP contribution < -0.4 is 10.9 Å². The first-order valence-corrected chi connectivity index (χ1v) is 8.23. The number of nitrogens with two attached hydrogens (primary N) is 2. The van der Waals surface area contributed by atoms with E-state index in [0.717, 1.165) is 0 Å². The number of nitrogens with zero attached hydrogens (tertiary/aromatic N) is 1. The molecule has 0 bridgehead atoms. The molecule has 4 N–H and O–H groups in total. The average Bonchev–Trinajstić information content (AvgIpc) is 2.37. The maximum atomic E-state index is 12.4. The molecule has 1 unspecified atom stereocenters. The van der Waals surface area contributed by atoms with E-state index in [1.165, 1.54) is 11.0 Å². The molecule has 0 saturated heterocycles. The van der Waals surface area contributed by atoms with E-state index in [4.69, 9.17) is 10.9 Å². The van der Waals surface area contributed by atoms with Gasteiger partial charge in [-0.1, -0.05) is 15.9 Å². The van der Waals surface area contributed by atoms with Gasteiger partial charge in [-0.25, -0.2) is 13.6 Å². The summed E-state index contributed by atoms with van der Waals surface area (Å²) in [4.78, 5) is 13.8. The molecular weight excluding hydrogens is 382 g/mol. The first-order chi connectivity index (χ1) is 9.09. The lowest BCUT2D eigenvalue weighted by Crippen LogP contribution is -2.40. The molecule has 0 aromatic heterocycles. The SMILES string of the molecule is Cc1c(C(=O)N(C)C(C)CN)cc(Br)cc1S(N)(=O)=O.Cl. The van der Waals surface area contributed by atoms with Crippen LogP contribution in [0.15, 0.2) is 21.5 Å². The third-order valence-electron chi connectivity index (χ3n) is 3.18. The van der Waals surface area contributed by atoms with Crippen LogP contribution in [0.25, 0.3) is 0 Å². The molecule has 0 saturated carbocycles. The van der Waals surface area contributed by atoms with Crippen LogP contribution in [0, 0.1) is 6.92 Å². The first kappa shape index (κ1) is 20.3. The van der Waals surface area contributed by atoms with Gasteiger partial charge in [0.2, 0.25) is 10.0 Å². The molecule has 1 amide bonds. The van der Waals surface area contributed by atoms with Crippen molar-refractivity contribution in [2.24, 2.45) is 10.9 Å². The highest BCUT2D eigenvalue weighted by atomic mass is 79.9.